The number of esters is 1. The number of nitrogens with zero attached hydrogens (tertiary/aromatic N) is 1. The van der Waals surface area contributed by atoms with E-state index in [1.165, 1.54) is 24.3 Å². The van der Waals surface area contributed by atoms with Crippen molar-refractivity contribution >= 4 is 23.5 Å². The minimum absolute atomic E-state index is 0.0524. The predicted molar refractivity (Wildman–Crippen MR) is 85.3 cm³/mol. The second-order valence-corrected chi connectivity index (χ2v) is 5.15. The number of nitrogens with one attached hydrogen (secondary N) is 1. The van der Waals surface area contributed by atoms with Gasteiger partial charge in [0.25, 0.3) is 11.5 Å². The Morgan fingerprint density at radius 2 is 1.96 bits per heavy atom. The zero-order chi connectivity index (χ0) is 16.8. The van der Waals surface area contributed by atoms with E-state index in [0.717, 1.165) is 0 Å². The third kappa shape index (κ3) is 4.20. The maximum atomic E-state index is 12.6. The number of aromatic nitrogens is 1. The van der Waals surface area contributed by atoms with Gasteiger partial charge in [-0.3, -0.25) is 14.4 Å². The first-order chi connectivity index (χ1) is 11.0. The summed E-state index contributed by atoms with van der Waals surface area (Å²) in [7, 11) is 1.23. The van der Waals surface area contributed by atoms with E-state index in [-0.39, 0.29) is 18.7 Å². The number of amides is 1. The minimum atomic E-state index is -0.585. The largest absolute Gasteiger partial charge is 0.468 e. The molecule has 6 nitrogen and oxygen atoms in total. The minimum Gasteiger partial charge on any atom is -0.468 e. The smallest absolute Gasteiger partial charge is 0.325 e. The molecule has 0 radical (unpaired) electrons. The molecule has 0 unspecified atom stereocenters. The SMILES string of the molecule is COC(=O)CN(Cc1ccccc1Cl)C(=O)c1ccc[nH]c1=O. The van der Waals surface area contributed by atoms with Crippen molar-refractivity contribution in [3.05, 3.63) is 69.1 Å². The second kappa shape index (κ2) is 7.60. The molecule has 1 N–H and O–H groups in total. The number of methoxy groups -OCH3 is 1. The number of carbonyl (C=O) groups excluding carboxylic acids is 2. The Labute approximate surface area is 137 Å². The lowest BCUT2D eigenvalue weighted by molar-refractivity contribution is -0.141. The summed E-state index contributed by atoms with van der Waals surface area (Å²) in [5.41, 5.74) is 0.0914. The van der Waals surface area contributed by atoms with Crippen LogP contribution in [0, 0.1) is 0 Å². The summed E-state index contributed by atoms with van der Waals surface area (Å²) in [6.07, 6.45) is 1.43. The van der Waals surface area contributed by atoms with Crippen LogP contribution in [0.2, 0.25) is 5.02 Å². The van der Waals surface area contributed by atoms with Gasteiger partial charge in [-0.25, -0.2) is 0 Å². The molecule has 0 bridgehead atoms. The fraction of sp³-hybridized carbons (Fsp3) is 0.188. The van der Waals surface area contributed by atoms with Crippen LogP contribution in [-0.4, -0.2) is 35.4 Å². The molecule has 23 heavy (non-hydrogen) atoms. The van der Waals surface area contributed by atoms with Gasteiger partial charge in [0.05, 0.1) is 7.11 Å². The normalized spacial score (nSPS) is 10.2. The standard InChI is InChI=1S/C16H15ClN2O4/c1-23-14(20)10-19(9-11-5-2-3-7-13(11)17)16(22)12-6-4-8-18-15(12)21/h2-8H,9-10H2,1H3,(H,18,21). The number of carbonyl (C=O) groups is 2. The van der Waals surface area contributed by atoms with Gasteiger partial charge in [0, 0.05) is 17.8 Å². The van der Waals surface area contributed by atoms with Crippen molar-refractivity contribution in [2.24, 2.45) is 0 Å². The second-order valence-electron chi connectivity index (χ2n) is 4.74. The molecular weight excluding hydrogens is 320 g/mol. The van der Waals surface area contributed by atoms with E-state index in [1.54, 1.807) is 30.3 Å². The summed E-state index contributed by atoms with van der Waals surface area (Å²) in [6, 6.07) is 9.91. The van der Waals surface area contributed by atoms with Gasteiger partial charge in [-0.1, -0.05) is 29.8 Å². The van der Waals surface area contributed by atoms with Crippen molar-refractivity contribution in [3.63, 3.8) is 0 Å². The molecule has 0 aliphatic heterocycles. The number of aromatic amines is 1. The molecule has 0 fully saturated rings. The molecular formula is C16H15ClN2O4. The molecule has 1 aromatic heterocycles. The van der Waals surface area contributed by atoms with Gasteiger partial charge in [-0.15, -0.1) is 0 Å². The molecule has 0 aliphatic carbocycles. The summed E-state index contributed by atoms with van der Waals surface area (Å²) >= 11 is 6.10. The molecule has 2 aromatic rings. The number of hydrogen-bond donors (Lipinski definition) is 1. The van der Waals surface area contributed by atoms with Gasteiger partial charge in [0.1, 0.15) is 12.1 Å². The lowest BCUT2D eigenvalue weighted by Gasteiger charge is -2.21. The lowest BCUT2D eigenvalue weighted by Crippen LogP contribution is -2.38. The monoisotopic (exact) mass is 334 g/mol. The van der Waals surface area contributed by atoms with Gasteiger partial charge in [-0.2, -0.15) is 0 Å². The van der Waals surface area contributed by atoms with E-state index in [9.17, 15) is 14.4 Å². The fourth-order valence-electron chi connectivity index (χ4n) is 2.01. The first-order valence-corrected chi connectivity index (χ1v) is 7.18. The highest BCUT2D eigenvalue weighted by Crippen LogP contribution is 2.18. The fourth-order valence-corrected chi connectivity index (χ4v) is 2.21. The number of ether oxygens (including phenoxy) is 1. The summed E-state index contributed by atoms with van der Waals surface area (Å²) < 4.78 is 4.61. The highest BCUT2D eigenvalue weighted by Gasteiger charge is 2.22. The quantitative estimate of drug-likeness (QED) is 0.846. The summed E-state index contributed by atoms with van der Waals surface area (Å²) in [4.78, 5) is 39.6. The summed E-state index contributed by atoms with van der Waals surface area (Å²) in [5, 5.41) is 0.470. The third-order valence-electron chi connectivity index (χ3n) is 3.20. The topological polar surface area (TPSA) is 79.5 Å². The average molecular weight is 335 g/mol. The molecule has 120 valence electrons. The first kappa shape index (κ1) is 16.8. The molecule has 0 atom stereocenters. The van der Waals surface area contributed by atoms with E-state index in [1.807, 2.05) is 0 Å². The van der Waals surface area contributed by atoms with Gasteiger partial charge < -0.3 is 14.6 Å². The third-order valence-corrected chi connectivity index (χ3v) is 3.57. The van der Waals surface area contributed by atoms with Crippen LogP contribution in [0.15, 0.2) is 47.4 Å². The van der Waals surface area contributed by atoms with E-state index >= 15 is 0 Å². The molecule has 2 rings (SSSR count). The Hall–Kier alpha value is -2.60. The van der Waals surface area contributed by atoms with Crippen molar-refractivity contribution in [3.8, 4) is 0 Å². The highest BCUT2D eigenvalue weighted by molar-refractivity contribution is 6.31. The Bertz CT molecular complexity index is 772. The van der Waals surface area contributed by atoms with Gasteiger partial charge in [0.2, 0.25) is 0 Å². The van der Waals surface area contributed by atoms with Crippen LogP contribution in [0.25, 0.3) is 0 Å². The molecule has 0 saturated carbocycles. The number of benzene rings is 1. The Kier molecular flexibility index (Phi) is 5.54. The van der Waals surface area contributed by atoms with Crippen molar-refractivity contribution < 1.29 is 14.3 Å². The van der Waals surface area contributed by atoms with Crippen molar-refractivity contribution in [2.45, 2.75) is 6.54 Å². The number of H-pyrrole nitrogens is 1. The number of pyridine rings is 1. The lowest BCUT2D eigenvalue weighted by atomic mass is 10.2. The highest BCUT2D eigenvalue weighted by atomic mass is 35.5. The summed E-state index contributed by atoms with van der Waals surface area (Å²) in [6.45, 7) is -0.198. The molecule has 1 heterocycles. The molecule has 0 aliphatic rings. The van der Waals surface area contributed by atoms with Crippen molar-refractivity contribution in [1.82, 2.24) is 9.88 Å². The van der Waals surface area contributed by atoms with E-state index in [0.29, 0.717) is 10.6 Å². The number of hydrogen-bond acceptors (Lipinski definition) is 4. The van der Waals surface area contributed by atoms with E-state index in [2.05, 4.69) is 9.72 Å². The van der Waals surface area contributed by atoms with E-state index < -0.39 is 17.4 Å². The zero-order valence-corrected chi connectivity index (χ0v) is 13.2. The summed E-state index contributed by atoms with van der Waals surface area (Å²) in [5.74, 6) is -1.16. The predicted octanol–water partition coefficient (Wildman–Crippen LogP) is 1.84. The Balaban J connectivity index is 2.32. The maximum absolute atomic E-state index is 12.6. The average Bonchev–Trinajstić information content (AvgIpc) is 2.55. The number of rotatable bonds is 5. The molecule has 1 amide bonds. The maximum Gasteiger partial charge on any atom is 0.325 e. The van der Waals surface area contributed by atoms with Crippen LogP contribution in [0.5, 0.6) is 0 Å². The molecule has 0 saturated heterocycles. The molecule has 1 aromatic carbocycles. The van der Waals surface area contributed by atoms with Crippen LogP contribution in [0.1, 0.15) is 15.9 Å². The van der Waals surface area contributed by atoms with Crippen LogP contribution >= 0.6 is 11.6 Å². The van der Waals surface area contributed by atoms with Crippen molar-refractivity contribution in [1.29, 1.82) is 0 Å². The zero-order valence-electron chi connectivity index (χ0n) is 12.4. The van der Waals surface area contributed by atoms with Crippen LogP contribution in [0.3, 0.4) is 0 Å². The van der Waals surface area contributed by atoms with Crippen LogP contribution in [0.4, 0.5) is 0 Å². The Morgan fingerprint density at radius 3 is 2.61 bits per heavy atom. The van der Waals surface area contributed by atoms with Gasteiger partial charge in [-0.05, 0) is 23.8 Å². The number of halogens is 1. The molecule has 7 heteroatoms. The Morgan fingerprint density at radius 1 is 1.22 bits per heavy atom. The van der Waals surface area contributed by atoms with Crippen LogP contribution < -0.4 is 5.56 Å². The first-order valence-electron chi connectivity index (χ1n) is 6.80. The molecule has 0 spiro atoms. The van der Waals surface area contributed by atoms with Gasteiger partial charge in [0.15, 0.2) is 0 Å². The van der Waals surface area contributed by atoms with Crippen molar-refractivity contribution in [2.75, 3.05) is 13.7 Å². The van der Waals surface area contributed by atoms with Gasteiger partial charge >= 0.3 is 5.97 Å². The van der Waals surface area contributed by atoms with E-state index in [4.69, 9.17) is 11.6 Å². The van der Waals surface area contributed by atoms with Crippen LogP contribution in [-0.2, 0) is 16.1 Å².